The number of nitro groups is 1. The zero-order valence-electron chi connectivity index (χ0n) is 9.96. The fraction of sp³-hybridized carbons (Fsp3) is 0.400. The lowest BCUT2D eigenvalue weighted by Gasteiger charge is -2.18. The highest BCUT2D eigenvalue weighted by molar-refractivity contribution is 7.89. The van der Waals surface area contributed by atoms with Crippen molar-refractivity contribution in [2.24, 2.45) is 0 Å². The predicted molar refractivity (Wildman–Crippen MR) is 63.2 cm³/mol. The average Bonchev–Trinajstić information content (AvgIpc) is 2.30. The first kappa shape index (κ1) is 14.5. The molecule has 1 aromatic rings. The van der Waals surface area contributed by atoms with E-state index in [0.717, 1.165) is 22.5 Å². The molecule has 0 fully saturated rings. The summed E-state index contributed by atoms with van der Waals surface area (Å²) in [6, 6.07) is 2.55. The normalized spacial score (nSPS) is 11.8. The van der Waals surface area contributed by atoms with Gasteiger partial charge in [-0.3, -0.25) is 10.1 Å². The highest BCUT2D eigenvalue weighted by Crippen LogP contribution is 2.23. The Morgan fingerprint density at radius 2 is 1.89 bits per heavy atom. The van der Waals surface area contributed by atoms with Crippen LogP contribution in [-0.2, 0) is 10.0 Å². The Labute approximate surface area is 104 Å². The summed E-state index contributed by atoms with van der Waals surface area (Å²) in [5.41, 5.74) is -0.844. The third-order valence-electron chi connectivity index (χ3n) is 2.46. The van der Waals surface area contributed by atoms with Crippen LogP contribution in [0.1, 0.15) is 13.8 Å². The molecule has 0 saturated carbocycles. The summed E-state index contributed by atoms with van der Waals surface area (Å²) >= 11 is 0. The van der Waals surface area contributed by atoms with E-state index in [9.17, 15) is 22.9 Å². The minimum absolute atomic E-state index is 0.240. The highest BCUT2D eigenvalue weighted by atomic mass is 32.2. The van der Waals surface area contributed by atoms with Crippen LogP contribution < -0.4 is 0 Å². The van der Waals surface area contributed by atoms with Crippen molar-refractivity contribution in [2.45, 2.75) is 18.7 Å². The van der Waals surface area contributed by atoms with Crippen LogP contribution in [-0.4, -0.2) is 30.7 Å². The molecule has 0 saturated heterocycles. The van der Waals surface area contributed by atoms with E-state index < -0.39 is 26.5 Å². The quantitative estimate of drug-likeness (QED) is 0.606. The van der Waals surface area contributed by atoms with E-state index >= 15 is 0 Å². The largest absolute Gasteiger partial charge is 0.306 e. The summed E-state index contributed by atoms with van der Waals surface area (Å²) in [4.78, 5) is 9.34. The van der Waals surface area contributed by atoms with Gasteiger partial charge in [0.05, 0.1) is 9.82 Å². The Morgan fingerprint density at radius 1 is 1.33 bits per heavy atom. The minimum atomic E-state index is -3.81. The average molecular weight is 276 g/mol. The maximum Gasteiger partial charge on any atom is 0.306 e. The van der Waals surface area contributed by atoms with Crippen molar-refractivity contribution in [1.29, 1.82) is 0 Å². The summed E-state index contributed by atoms with van der Waals surface area (Å²) in [5.74, 6) is -1.06. The van der Waals surface area contributed by atoms with Crippen molar-refractivity contribution in [3.63, 3.8) is 0 Å². The van der Waals surface area contributed by atoms with Crippen LogP contribution in [0.3, 0.4) is 0 Å². The van der Waals surface area contributed by atoms with Crippen molar-refractivity contribution in [2.75, 3.05) is 13.1 Å². The first-order valence-electron chi connectivity index (χ1n) is 5.28. The van der Waals surface area contributed by atoms with Gasteiger partial charge in [-0.15, -0.1) is 0 Å². The molecular weight excluding hydrogens is 263 g/mol. The molecule has 1 aromatic carbocycles. The molecular formula is C10H13FN2O4S. The number of hydrogen-bond donors (Lipinski definition) is 0. The zero-order valence-corrected chi connectivity index (χ0v) is 10.8. The van der Waals surface area contributed by atoms with E-state index in [-0.39, 0.29) is 18.0 Å². The molecule has 0 heterocycles. The van der Waals surface area contributed by atoms with Crippen LogP contribution in [0.25, 0.3) is 0 Å². The third kappa shape index (κ3) is 2.65. The summed E-state index contributed by atoms with van der Waals surface area (Å²) in [6.45, 7) is 3.78. The molecule has 0 bridgehead atoms. The van der Waals surface area contributed by atoms with E-state index in [4.69, 9.17) is 0 Å². The number of rotatable bonds is 5. The molecule has 1 rings (SSSR count). The van der Waals surface area contributed by atoms with Crippen LogP contribution in [0.4, 0.5) is 10.1 Å². The molecule has 0 aromatic heterocycles. The van der Waals surface area contributed by atoms with Crippen molar-refractivity contribution >= 4 is 15.7 Å². The molecule has 6 nitrogen and oxygen atoms in total. The number of sulfonamides is 1. The van der Waals surface area contributed by atoms with Crippen LogP contribution in [0, 0.1) is 15.9 Å². The van der Waals surface area contributed by atoms with Gasteiger partial charge in [0.2, 0.25) is 15.8 Å². The van der Waals surface area contributed by atoms with Crippen molar-refractivity contribution in [3.05, 3.63) is 34.1 Å². The molecule has 0 spiro atoms. The van der Waals surface area contributed by atoms with Gasteiger partial charge < -0.3 is 0 Å². The maximum atomic E-state index is 13.1. The number of benzene rings is 1. The molecule has 18 heavy (non-hydrogen) atoms. The Bertz CT molecular complexity index is 555. The lowest BCUT2D eigenvalue weighted by Crippen LogP contribution is -2.30. The molecule has 0 atom stereocenters. The monoisotopic (exact) mass is 276 g/mol. The Morgan fingerprint density at radius 3 is 2.33 bits per heavy atom. The van der Waals surface area contributed by atoms with Gasteiger partial charge in [-0.2, -0.15) is 8.70 Å². The van der Waals surface area contributed by atoms with Crippen molar-refractivity contribution in [1.82, 2.24) is 4.31 Å². The van der Waals surface area contributed by atoms with Gasteiger partial charge in [0.1, 0.15) is 0 Å². The lowest BCUT2D eigenvalue weighted by atomic mass is 10.3. The van der Waals surface area contributed by atoms with Gasteiger partial charge in [-0.05, 0) is 12.1 Å². The number of halogens is 1. The van der Waals surface area contributed by atoms with Crippen molar-refractivity contribution in [3.8, 4) is 0 Å². The van der Waals surface area contributed by atoms with Crippen LogP contribution in [0.5, 0.6) is 0 Å². The lowest BCUT2D eigenvalue weighted by molar-refractivity contribution is -0.387. The molecule has 0 N–H and O–H groups in total. The number of nitro benzene ring substituents is 1. The van der Waals surface area contributed by atoms with Crippen LogP contribution in [0.15, 0.2) is 23.1 Å². The standard InChI is InChI=1S/C10H13FN2O4S/c1-3-12(4-2)18(16,17)8-5-6-9(11)10(7-8)13(14)15/h5-7H,3-4H2,1-2H3. The molecule has 0 unspecified atom stereocenters. The van der Waals surface area contributed by atoms with E-state index in [1.54, 1.807) is 13.8 Å². The third-order valence-corrected chi connectivity index (χ3v) is 4.50. The number of hydrogen-bond acceptors (Lipinski definition) is 4. The minimum Gasteiger partial charge on any atom is -0.258 e. The molecule has 0 aliphatic heterocycles. The topological polar surface area (TPSA) is 80.5 Å². The predicted octanol–water partition coefficient (Wildman–Crippen LogP) is 1.76. The fourth-order valence-corrected chi connectivity index (χ4v) is 2.98. The molecule has 0 aliphatic carbocycles. The summed E-state index contributed by atoms with van der Waals surface area (Å²) in [7, 11) is -3.81. The molecule has 8 heteroatoms. The van der Waals surface area contributed by atoms with Crippen molar-refractivity contribution < 1.29 is 17.7 Å². The first-order chi connectivity index (χ1) is 8.34. The van der Waals surface area contributed by atoms with E-state index in [1.807, 2.05) is 0 Å². The molecule has 100 valence electrons. The van der Waals surface area contributed by atoms with Gasteiger partial charge in [0, 0.05) is 19.2 Å². The van der Waals surface area contributed by atoms with E-state index in [2.05, 4.69) is 0 Å². The second-order valence-electron chi connectivity index (χ2n) is 3.46. The van der Waals surface area contributed by atoms with Gasteiger partial charge in [-0.1, -0.05) is 13.8 Å². The molecule has 0 amide bonds. The van der Waals surface area contributed by atoms with Crippen LogP contribution in [0.2, 0.25) is 0 Å². The first-order valence-corrected chi connectivity index (χ1v) is 6.72. The van der Waals surface area contributed by atoms with E-state index in [1.165, 1.54) is 0 Å². The fourth-order valence-electron chi connectivity index (χ4n) is 1.51. The smallest absolute Gasteiger partial charge is 0.258 e. The van der Waals surface area contributed by atoms with Crippen LogP contribution >= 0.6 is 0 Å². The van der Waals surface area contributed by atoms with Gasteiger partial charge in [0.25, 0.3) is 0 Å². The Kier molecular flexibility index (Phi) is 4.36. The highest BCUT2D eigenvalue weighted by Gasteiger charge is 2.25. The maximum absolute atomic E-state index is 13.1. The second-order valence-corrected chi connectivity index (χ2v) is 5.40. The van der Waals surface area contributed by atoms with Gasteiger partial charge >= 0.3 is 5.69 Å². The van der Waals surface area contributed by atoms with Gasteiger partial charge in [-0.25, -0.2) is 8.42 Å². The zero-order chi connectivity index (χ0) is 13.9. The second kappa shape index (κ2) is 5.40. The Balaban J connectivity index is 3.34. The molecule has 0 aliphatic rings. The van der Waals surface area contributed by atoms with E-state index in [0.29, 0.717) is 0 Å². The SMILES string of the molecule is CCN(CC)S(=O)(=O)c1ccc(F)c([N+](=O)[O-])c1. The Hall–Kier alpha value is -1.54. The summed E-state index contributed by atoms with van der Waals surface area (Å²) < 4.78 is 38.4. The summed E-state index contributed by atoms with van der Waals surface area (Å²) in [6.07, 6.45) is 0. The molecule has 0 radical (unpaired) electrons. The van der Waals surface area contributed by atoms with Gasteiger partial charge in [0.15, 0.2) is 0 Å². The number of nitrogens with zero attached hydrogens (tertiary/aromatic N) is 2. The summed E-state index contributed by atoms with van der Waals surface area (Å²) in [5, 5.41) is 10.6.